The van der Waals surface area contributed by atoms with E-state index in [-0.39, 0.29) is 17.5 Å². The average Bonchev–Trinajstić information content (AvgIpc) is 2.91. The highest BCUT2D eigenvalue weighted by molar-refractivity contribution is 5.73. The molecule has 0 spiro atoms. The number of benzene rings is 1. The van der Waals surface area contributed by atoms with Gasteiger partial charge in [-0.05, 0) is 39.8 Å². The lowest BCUT2D eigenvalue weighted by molar-refractivity contribution is -0.385. The van der Waals surface area contributed by atoms with E-state index in [0.29, 0.717) is 6.54 Å². The lowest BCUT2D eigenvalue weighted by Crippen LogP contribution is -2.53. The van der Waals surface area contributed by atoms with Crippen molar-refractivity contribution in [2.75, 3.05) is 13.1 Å². The molecule has 2 rings (SSSR count). The summed E-state index contributed by atoms with van der Waals surface area (Å²) in [6, 6.07) is 5.92. The lowest BCUT2D eigenvalue weighted by Gasteiger charge is -2.38. The van der Waals surface area contributed by atoms with E-state index >= 15 is 0 Å². The third kappa shape index (κ3) is 3.54. The summed E-state index contributed by atoms with van der Waals surface area (Å²) in [6.45, 7) is 7.31. The summed E-state index contributed by atoms with van der Waals surface area (Å²) in [7, 11) is 0. The van der Waals surface area contributed by atoms with Crippen molar-refractivity contribution in [3.63, 3.8) is 0 Å². The molecule has 1 atom stereocenters. The molecule has 120 valence electrons. The van der Waals surface area contributed by atoms with E-state index in [2.05, 4.69) is 5.32 Å². The van der Waals surface area contributed by atoms with Crippen LogP contribution in [0.4, 0.5) is 10.5 Å². The minimum Gasteiger partial charge on any atom is -0.403 e. The number of carbonyl (C=O) groups is 1. The summed E-state index contributed by atoms with van der Waals surface area (Å²) in [5.74, 6) is -0.0299. The van der Waals surface area contributed by atoms with Gasteiger partial charge in [0.1, 0.15) is 0 Å². The fourth-order valence-corrected chi connectivity index (χ4v) is 2.67. The number of nitrogens with one attached hydrogen (secondary N) is 1. The van der Waals surface area contributed by atoms with Crippen molar-refractivity contribution in [2.24, 2.45) is 0 Å². The van der Waals surface area contributed by atoms with Crippen LogP contribution in [0.25, 0.3) is 0 Å². The predicted octanol–water partition coefficient (Wildman–Crippen LogP) is 2.56. The molecular formula is C15H21N3O4. The monoisotopic (exact) mass is 307 g/mol. The number of amides is 1. The molecule has 7 heteroatoms. The highest BCUT2D eigenvalue weighted by Crippen LogP contribution is 2.29. The Morgan fingerprint density at radius 1 is 1.41 bits per heavy atom. The molecule has 1 fully saturated rings. The van der Waals surface area contributed by atoms with Crippen molar-refractivity contribution in [2.45, 2.75) is 38.8 Å². The van der Waals surface area contributed by atoms with E-state index in [0.717, 1.165) is 13.0 Å². The summed E-state index contributed by atoms with van der Waals surface area (Å²) in [5, 5.41) is 14.2. The fourth-order valence-electron chi connectivity index (χ4n) is 2.67. The van der Waals surface area contributed by atoms with Crippen LogP contribution in [0.5, 0.6) is 5.75 Å². The normalized spacial score (nSPS) is 18.0. The average molecular weight is 307 g/mol. The molecule has 1 saturated heterocycles. The van der Waals surface area contributed by atoms with Crippen LogP contribution in [0.2, 0.25) is 0 Å². The van der Waals surface area contributed by atoms with Gasteiger partial charge in [-0.3, -0.25) is 15.0 Å². The summed E-state index contributed by atoms with van der Waals surface area (Å²) in [4.78, 5) is 24.7. The molecular weight excluding hydrogens is 286 g/mol. The topological polar surface area (TPSA) is 84.7 Å². The standard InChI is InChI=1S/C15H21N3O4/c1-15(2,3)17(11-8-9-16-10-11)14(19)22-13-7-5-4-6-12(13)18(20)21/h4-7,11,16H,8-10H2,1-3H3/t11-/m0/s1. The smallest absolute Gasteiger partial charge is 0.403 e. The Kier molecular flexibility index (Phi) is 4.65. The molecule has 7 nitrogen and oxygen atoms in total. The zero-order chi connectivity index (χ0) is 16.3. The van der Waals surface area contributed by atoms with Crippen LogP contribution in [0.1, 0.15) is 27.2 Å². The molecule has 0 radical (unpaired) electrons. The van der Waals surface area contributed by atoms with E-state index in [9.17, 15) is 14.9 Å². The number of nitrogens with zero attached hydrogens (tertiary/aromatic N) is 2. The number of hydrogen-bond donors (Lipinski definition) is 1. The van der Waals surface area contributed by atoms with Crippen molar-refractivity contribution in [3.8, 4) is 5.75 Å². The van der Waals surface area contributed by atoms with E-state index in [4.69, 9.17) is 4.74 Å². The molecule has 0 unspecified atom stereocenters. The number of nitro benzene ring substituents is 1. The van der Waals surface area contributed by atoms with Crippen molar-refractivity contribution in [3.05, 3.63) is 34.4 Å². The van der Waals surface area contributed by atoms with Crippen LogP contribution in [0.3, 0.4) is 0 Å². The SMILES string of the molecule is CC(C)(C)N(C(=O)Oc1ccccc1[N+](=O)[O-])[C@H]1CCNC1. The van der Waals surface area contributed by atoms with Crippen molar-refractivity contribution in [1.82, 2.24) is 10.2 Å². The Balaban J connectivity index is 2.23. The summed E-state index contributed by atoms with van der Waals surface area (Å²) in [6.07, 6.45) is 0.277. The van der Waals surface area contributed by atoms with Crippen LogP contribution in [-0.4, -0.2) is 40.6 Å². The van der Waals surface area contributed by atoms with E-state index in [1.54, 1.807) is 11.0 Å². The molecule has 22 heavy (non-hydrogen) atoms. The number of ether oxygens (including phenoxy) is 1. The van der Waals surface area contributed by atoms with Gasteiger partial charge in [-0.1, -0.05) is 12.1 Å². The Bertz CT molecular complexity index is 562. The molecule has 0 aromatic heterocycles. The molecule has 0 bridgehead atoms. The predicted molar refractivity (Wildman–Crippen MR) is 82.0 cm³/mol. The van der Waals surface area contributed by atoms with Gasteiger partial charge in [0.05, 0.1) is 4.92 Å². The lowest BCUT2D eigenvalue weighted by atomic mass is 10.0. The van der Waals surface area contributed by atoms with Crippen molar-refractivity contribution >= 4 is 11.8 Å². The Labute approximate surface area is 129 Å². The number of nitro groups is 1. The first-order chi connectivity index (χ1) is 10.3. The molecule has 0 saturated carbocycles. The van der Waals surface area contributed by atoms with Gasteiger partial charge in [0, 0.05) is 24.2 Å². The molecule has 0 aliphatic carbocycles. The number of hydrogen-bond acceptors (Lipinski definition) is 5. The molecule has 1 heterocycles. The van der Waals surface area contributed by atoms with Gasteiger partial charge >= 0.3 is 11.8 Å². The zero-order valence-electron chi connectivity index (χ0n) is 13.0. The van der Waals surface area contributed by atoms with E-state index in [1.165, 1.54) is 18.2 Å². The van der Waals surface area contributed by atoms with Gasteiger partial charge in [-0.2, -0.15) is 0 Å². The van der Waals surface area contributed by atoms with E-state index < -0.39 is 16.6 Å². The van der Waals surface area contributed by atoms with Gasteiger partial charge in [0.15, 0.2) is 0 Å². The third-order valence-electron chi connectivity index (χ3n) is 3.58. The van der Waals surface area contributed by atoms with E-state index in [1.807, 2.05) is 20.8 Å². The summed E-state index contributed by atoms with van der Waals surface area (Å²) >= 11 is 0. The second-order valence-corrected chi connectivity index (χ2v) is 6.28. The molecule has 1 amide bonds. The molecule has 1 aromatic rings. The first kappa shape index (κ1) is 16.2. The minimum absolute atomic E-state index is 0.0234. The summed E-state index contributed by atoms with van der Waals surface area (Å²) < 4.78 is 5.33. The maximum Gasteiger partial charge on any atom is 0.416 e. The Morgan fingerprint density at radius 2 is 2.09 bits per heavy atom. The fraction of sp³-hybridized carbons (Fsp3) is 0.533. The van der Waals surface area contributed by atoms with Crippen LogP contribution in [0, 0.1) is 10.1 Å². The Hall–Kier alpha value is -2.15. The second kappa shape index (κ2) is 6.31. The maximum atomic E-state index is 12.6. The first-order valence-electron chi connectivity index (χ1n) is 7.26. The van der Waals surface area contributed by atoms with Crippen LogP contribution >= 0.6 is 0 Å². The van der Waals surface area contributed by atoms with Crippen LogP contribution < -0.4 is 10.1 Å². The number of carbonyl (C=O) groups excluding carboxylic acids is 1. The molecule has 1 aliphatic rings. The van der Waals surface area contributed by atoms with Crippen LogP contribution in [0.15, 0.2) is 24.3 Å². The maximum absolute atomic E-state index is 12.6. The highest BCUT2D eigenvalue weighted by atomic mass is 16.6. The molecule has 1 N–H and O–H groups in total. The first-order valence-corrected chi connectivity index (χ1v) is 7.26. The third-order valence-corrected chi connectivity index (χ3v) is 3.58. The van der Waals surface area contributed by atoms with Crippen molar-refractivity contribution < 1.29 is 14.5 Å². The van der Waals surface area contributed by atoms with Gasteiger partial charge in [-0.25, -0.2) is 4.79 Å². The van der Waals surface area contributed by atoms with Gasteiger partial charge < -0.3 is 10.1 Å². The van der Waals surface area contributed by atoms with Crippen molar-refractivity contribution in [1.29, 1.82) is 0 Å². The number of para-hydroxylation sites is 2. The quantitative estimate of drug-likeness (QED) is 0.685. The van der Waals surface area contributed by atoms with Gasteiger partial charge in [0.2, 0.25) is 5.75 Å². The minimum atomic E-state index is -0.560. The zero-order valence-corrected chi connectivity index (χ0v) is 13.0. The largest absolute Gasteiger partial charge is 0.416 e. The molecule has 1 aliphatic heterocycles. The second-order valence-electron chi connectivity index (χ2n) is 6.28. The van der Waals surface area contributed by atoms with Gasteiger partial charge in [-0.15, -0.1) is 0 Å². The number of rotatable bonds is 3. The van der Waals surface area contributed by atoms with Gasteiger partial charge in [0.25, 0.3) is 0 Å². The molecule has 1 aromatic carbocycles. The highest BCUT2D eigenvalue weighted by Gasteiger charge is 2.36. The van der Waals surface area contributed by atoms with Crippen LogP contribution in [-0.2, 0) is 0 Å². The Morgan fingerprint density at radius 3 is 2.64 bits per heavy atom. The summed E-state index contributed by atoms with van der Waals surface area (Å²) in [5.41, 5.74) is -0.647.